The zero-order valence-electron chi connectivity index (χ0n) is 10.3. The van der Waals surface area contributed by atoms with Crippen LogP contribution in [0.15, 0.2) is 6.20 Å². The van der Waals surface area contributed by atoms with E-state index in [1.807, 2.05) is 7.05 Å². The number of aryl methyl sites for hydroxylation is 1. The van der Waals surface area contributed by atoms with Gasteiger partial charge >= 0.3 is 0 Å². The van der Waals surface area contributed by atoms with Crippen molar-refractivity contribution in [2.45, 2.75) is 26.2 Å². The molecule has 0 bridgehead atoms. The van der Waals surface area contributed by atoms with Crippen LogP contribution in [-0.4, -0.2) is 26.3 Å². The number of anilines is 2. The van der Waals surface area contributed by atoms with Gasteiger partial charge in [0.25, 0.3) is 0 Å². The first-order valence-corrected chi connectivity index (χ1v) is 5.91. The molecule has 0 aliphatic heterocycles. The standard InChI is InChI=1S/C11H18N6/c1-3-4-5-6-13-11-15-9(12)8-7-14-17(2)10(8)16-11/h7H,3-6H2,1-2H3,(H3,12,13,15,16). The highest BCUT2D eigenvalue weighted by Crippen LogP contribution is 2.18. The van der Waals surface area contributed by atoms with Gasteiger partial charge in [-0.15, -0.1) is 0 Å². The van der Waals surface area contributed by atoms with Crippen molar-refractivity contribution in [1.29, 1.82) is 0 Å². The Morgan fingerprint density at radius 1 is 1.35 bits per heavy atom. The number of hydrogen-bond donors (Lipinski definition) is 2. The molecule has 2 heterocycles. The highest BCUT2D eigenvalue weighted by atomic mass is 15.3. The summed E-state index contributed by atoms with van der Waals surface area (Å²) in [6.07, 6.45) is 5.20. The summed E-state index contributed by atoms with van der Waals surface area (Å²) in [5.74, 6) is 1.05. The van der Waals surface area contributed by atoms with Crippen LogP contribution in [-0.2, 0) is 7.05 Å². The topological polar surface area (TPSA) is 81.6 Å². The number of nitrogens with two attached hydrogens (primary N) is 1. The zero-order valence-corrected chi connectivity index (χ0v) is 10.3. The van der Waals surface area contributed by atoms with Crippen LogP contribution in [0.3, 0.4) is 0 Å². The molecule has 2 aromatic heterocycles. The SMILES string of the molecule is CCCCCNc1nc(N)c2cnn(C)c2n1. The molecule has 2 rings (SSSR count). The second-order valence-corrected chi connectivity index (χ2v) is 4.07. The lowest BCUT2D eigenvalue weighted by atomic mass is 10.2. The van der Waals surface area contributed by atoms with Crippen LogP contribution < -0.4 is 11.1 Å². The predicted molar refractivity (Wildman–Crippen MR) is 68.7 cm³/mol. The molecule has 0 aliphatic carbocycles. The van der Waals surface area contributed by atoms with E-state index in [2.05, 4.69) is 27.3 Å². The van der Waals surface area contributed by atoms with Gasteiger partial charge < -0.3 is 11.1 Å². The summed E-state index contributed by atoms with van der Waals surface area (Å²) in [4.78, 5) is 8.61. The van der Waals surface area contributed by atoms with E-state index in [0.29, 0.717) is 11.8 Å². The molecule has 0 spiro atoms. The molecule has 0 fully saturated rings. The number of rotatable bonds is 5. The second kappa shape index (κ2) is 4.99. The first-order chi connectivity index (χ1) is 8.22. The molecule has 0 unspecified atom stereocenters. The van der Waals surface area contributed by atoms with Crippen molar-refractivity contribution in [2.75, 3.05) is 17.6 Å². The summed E-state index contributed by atoms with van der Waals surface area (Å²) in [6, 6.07) is 0. The van der Waals surface area contributed by atoms with Crippen LogP contribution in [0.25, 0.3) is 11.0 Å². The number of fused-ring (bicyclic) bond motifs is 1. The maximum Gasteiger partial charge on any atom is 0.226 e. The van der Waals surface area contributed by atoms with Gasteiger partial charge in [0, 0.05) is 13.6 Å². The van der Waals surface area contributed by atoms with E-state index in [1.54, 1.807) is 10.9 Å². The van der Waals surface area contributed by atoms with Gasteiger partial charge in [0.1, 0.15) is 5.82 Å². The lowest BCUT2D eigenvalue weighted by molar-refractivity contribution is 0.740. The predicted octanol–water partition coefficient (Wildman–Crippen LogP) is 1.55. The minimum absolute atomic E-state index is 0.473. The fourth-order valence-electron chi connectivity index (χ4n) is 1.70. The Bertz CT molecular complexity index is 504. The van der Waals surface area contributed by atoms with E-state index in [4.69, 9.17) is 5.73 Å². The summed E-state index contributed by atoms with van der Waals surface area (Å²) in [6.45, 7) is 3.05. The smallest absolute Gasteiger partial charge is 0.226 e. The molecular formula is C11H18N6. The Balaban J connectivity index is 2.15. The normalized spacial score (nSPS) is 10.9. The molecule has 6 heteroatoms. The monoisotopic (exact) mass is 234 g/mol. The average Bonchev–Trinajstić information content (AvgIpc) is 2.68. The van der Waals surface area contributed by atoms with Crippen molar-refractivity contribution in [3.05, 3.63) is 6.20 Å². The van der Waals surface area contributed by atoms with Gasteiger partial charge in [0.2, 0.25) is 5.95 Å². The summed E-state index contributed by atoms with van der Waals surface area (Å²) in [5.41, 5.74) is 6.62. The average molecular weight is 234 g/mol. The molecule has 6 nitrogen and oxygen atoms in total. The van der Waals surface area contributed by atoms with Crippen molar-refractivity contribution >= 4 is 22.8 Å². The van der Waals surface area contributed by atoms with Gasteiger partial charge in [-0.05, 0) is 6.42 Å². The molecule has 0 radical (unpaired) electrons. The fourth-order valence-corrected chi connectivity index (χ4v) is 1.70. The zero-order chi connectivity index (χ0) is 12.3. The minimum Gasteiger partial charge on any atom is -0.383 e. The van der Waals surface area contributed by atoms with Gasteiger partial charge in [-0.1, -0.05) is 19.8 Å². The Hall–Kier alpha value is -1.85. The van der Waals surface area contributed by atoms with Crippen molar-refractivity contribution in [3.8, 4) is 0 Å². The number of hydrogen-bond acceptors (Lipinski definition) is 5. The van der Waals surface area contributed by atoms with Gasteiger partial charge in [-0.25, -0.2) is 0 Å². The lowest BCUT2D eigenvalue weighted by Gasteiger charge is -2.05. The molecular weight excluding hydrogens is 216 g/mol. The van der Waals surface area contributed by atoms with Gasteiger partial charge in [-0.3, -0.25) is 4.68 Å². The first kappa shape index (κ1) is 11.6. The third kappa shape index (κ3) is 2.46. The van der Waals surface area contributed by atoms with Crippen LogP contribution in [0.2, 0.25) is 0 Å². The summed E-state index contributed by atoms with van der Waals surface area (Å²) < 4.78 is 1.70. The van der Waals surface area contributed by atoms with Crippen LogP contribution in [0.1, 0.15) is 26.2 Å². The molecule has 0 saturated heterocycles. The third-order valence-electron chi connectivity index (χ3n) is 2.69. The van der Waals surface area contributed by atoms with Crippen molar-refractivity contribution in [2.24, 2.45) is 7.05 Å². The largest absolute Gasteiger partial charge is 0.383 e. The van der Waals surface area contributed by atoms with E-state index in [9.17, 15) is 0 Å². The molecule has 0 amide bonds. The van der Waals surface area contributed by atoms with E-state index in [0.717, 1.165) is 24.0 Å². The molecule has 0 atom stereocenters. The third-order valence-corrected chi connectivity index (χ3v) is 2.69. The number of nitrogens with one attached hydrogen (secondary N) is 1. The van der Waals surface area contributed by atoms with E-state index in [1.165, 1.54) is 12.8 Å². The molecule has 3 N–H and O–H groups in total. The van der Waals surface area contributed by atoms with Crippen LogP contribution in [0.5, 0.6) is 0 Å². The number of unbranched alkanes of at least 4 members (excludes halogenated alkanes) is 2. The summed E-state index contributed by atoms with van der Waals surface area (Å²) in [7, 11) is 1.84. The molecule has 0 aromatic carbocycles. The molecule has 92 valence electrons. The summed E-state index contributed by atoms with van der Waals surface area (Å²) in [5, 5.41) is 8.10. The molecule has 17 heavy (non-hydrogen) atoms. The fraction of sp³-hybridized carbons (Fsp3) is 0.545. The summed E-state index contributed by atoms with van der Waals surface area (Å²) >= 11 is 0. The minimum atomic E-state index is 0.473. The van der Waals surface area contributed by atoms with Crippen LogP contribution >= 0.6 is 0 Å². The molecule has 2 aromatic rings. The maximum absolute atomic E-state index is 5.86. The maximum atomic E-state index is 5.86. The van der Waals surface area contributed by atoms with E-state index >= 15 is 0 Å². The van der Waals surface area contributed by atoms with Crippen LogP contribution in [0, 0.1) is 0 Å². The Labute approximate surface area is 100 Å². The highest BCUT2D eigenvalue weighted by molar-refractivity contribution is 5.86. The van der Waals surface area contributed by atoms with Crippen LogP contribution in [0.4, 0.5) is 11.8 Å². The Kier molecular flexibility index (Phi) is 3.41. The lowest BCUT2D eigenvalue weighted by Crippen LogP contribution is -2.07. The Morgan fingerprint density at radius 2 is 2.18 bits per heavy atom. The second-order valence-electron chi connectivity index (χ2n) is 4.07. The molecule has 0 aliphatic rings. The number of aromatic nitrogens is 4. The van der Waals surface area contributed by atoms with Crippen molar-refractivity contribution in [1.82, 2.24) is 19.7 Å². The quantitative estimate of drug-likeness (QED) is 0.767. The highest BCUT2D eigenvalue weighted by Gasteiger charge is 2.08. The van der Waals surface area contributed by atoms with Gasteiger partial charge in [-0.2, -0.15) is 15.1 Å². The van der Waals surface area contributed by atoms with Gasteiger partial charge in [0.05, 0.1) is 11.6 Å². The van der Waals surface area contributed by atoms with Crippen molar-refractivity contribution < 1.29 is 0 Å². The Morgan fingerprint density at radius 3 is 2.94 bits per heavy atom. The number of nitrogens with zero attached hydrogens (tertiary/aromatic N) is 4. The molecule has 0 saturated carbocycles. The first-order valence-electron chi connectivity index (χ1n) is 5.91. The van der Waals surface area contributed by atoms with E-state index in [-0.39, 0.29) is 0 Å². The van der Waals surface area contributed by atoms with Crippen molar-refractivity contribution in [3.63, 3.8) is 0 Å². The number of nitrogen functional groups attached to an aromatic ring is 1. The van der Waals surface area contributed by atoms with Gasteiger partial charge in [0.15, 0.2) is 5.65 Å². The van der Waals surface area contributed by atoms with E-state index < -0.39 is 0 Å².